The van der Waals surface area contributed by atoms with Crippen molar-refractivity contribution in [1.29, 1.82) is 0 Å². The highest BCUT2D eigenvalue weighted by molar-refractivity contribution is 5.86. The Hall–Kier alpha value is -1.32. The highest BCUT2D eigenvalue weighted by atomic mass is 16.2. The van der Waals surface area contributed by atoms with Crippen LogP contribution in [-0.4, -0.2) is 11.8 Å². The summed E-state index contributed by atoms with van der Waals surface area (Å²) in [6.45, 7) is 5.32. The van der Waals surface area contributed by atoms with Crippen LogP contribution in [0, 0.1) is 18.8 Å². The van der Waals surface area contributed by atoms with Crippen molar-refractivity contribution in [1.82, 2.24) is 0 Å². The third-order valence-electron chi connectivity index (χ3n) is 1.84. The first kappa shape index (κ1) is 11.7. The van der Waals surface area contributed by atoms with E-state index < -0.39 is 23.7 Å². The first-order valence-electron chi connectivity index (χ1n) is 4.03. The maximum atomic E-state index is 10.9. The van der Waals surface area contributed by atoms with Crippen LogP contribution in [0.5, 0.6) is 0 Å². The largest absolute Gasteiger partial charge is 0.369 e. The van der Waals surface area contributed by atoms with E-state index >= 15 is 0 Å². The van der Waals surface area contributed by atoms with Gasteiger partial charge in [0.05, 0.1) is 5.92 Å². The maximum Gasteiger partial charge on any atom is 0.221 e. The lowest BCUT2D eigenvalue weighted by Gasteiger charge is -2.15. The molecule has 73 valence electrons. The highest BCUT2D eigenvalue weighted by Crippen LogP contribution is 2.15. The minimum absolute atomic E-state index is 0.406. The molecule has 2 unspecified atom stereocenters. The average molecular weight is 183 g/mol. The van der Waals surface area contributed by atoms with Crippen molar-refractivity contribution >= 4 is 11.8 Å². The second-order valence-corrected chi connectivity index (χ2v) is 2.82. The van der Waals surface area contributed by atoms with Crippen molar-refractivity contribution in [3.05, 3.63) is 19.1 Å². The van der Waals surface area contributed by atoms with Gasteiger partial charge in [-0.2, -0.15) is 0 Å². The van der Waals surface area contributed by atoms with Crippen LogP contribution >= 0.6 is 0 Å². The summed E-state index contributed by atoms with van der Waals surface area (Å²) in [5.41, 5.74) is 10.1. The van der Waals surface area contributed by atoms with Crippen molar-refractivity contribution in [2.75, 3.05) is 0 Å². The fraction of sp³-hybridized carbons (Fsp3) is 0.444. The summed E-state index contributed by atoms with van der Waals surface area (Å²) in [5, 5.41) is 0. The van der Waals surface area contributed by atoms with E-state index in [1.165, 1.54) is 0 Å². The highest BCUT2D eigenvalue weighted by Gasteiger charge is 2.25. The zero-order valence-electron chi connectivity index (χ0n) is 7.69. The predicted molar refractivity (Wildman–Crippen MR) is 50.2 cm³/mol. The molecule has 2 atom stereocenters. The molecule has 0 rings (SSSR count). The molecule has 0 aromatic carbocycles. The number of primary amides is 2. The third-order valence-corrected chi connectivity index (χ3v) is 1.84. The molecule has 13 heavy (non-hydrogen) atoms. The number of hydrogen-bond donors (Lipinski definition) is 2. The van der Waals surface area contributed by atoms with Gasteiger partial charge < -0.3 is 11.5 Å². The van der Waals surface area contributed by atoms with E-state index in [1.807, 2.05) is 6.92 Å². The molecule has 4 nitrogen and oxygen atoms in total. The summed E-state index contributed by atoms with van der Waals surface area (Å²) in [7, 11) is 0. The third kappa shape index (κ3) is 3.73. The number of carbonyl (C=O) groups is 2. The normalized spacial score (nSPS) is 15.5. The van der Waals surface area contributed by atoms with Crippen LogP contribution in [-0.2, 0) is 9.59 Å². The van der Waals surface area contributed by atoms with Crippen LogP contribution in [0.25, 0.3) is 0 Å². The lowest BCUT2D eigenvalue weighted by atomic mass is 9.90. The number of nitrogens with two attached hydrogens (primary N) is 2. The zero-order chi connectivity index (χ0) is 10.4. The number of carbonyl (C=O) groups excluding carboxylic acids is 2. The van der Waals surface area contributed by atoms with Crippen LogP contribution < -0.4 is 11.5 Å². The van der Waals surface area contributed by atoms with Crippen molar-refractivity contribution in [3.8, 4) is 0 Å². The van der Waals surface area contributed by atoms with Crippen molar-refractivity contribution in [3.63, 3.8) is 0 Å². The Balaban J connectivity index is 4.41. The Morgan fingerprint density at radius 2 is 1.92 bits per heavy atom. The topological polar surface area (TPSA) is 86.2 Å². The number of allylic oxidation sites excluding steroid dienone is 2. The Labute approximate surface area is 78.0 Å². The second kappa shape index (κ2) is 5.35. The minimum Gasteiger partial charge on any atom is -0.369 e. The molecule has 1 radical (unpaired) electrons. The molecule has 0 heterocycles. The fourth-order valence-electron chi connectivity index (χ4n) is 0.960. The van der Waals surface area contributed by atoms with Gasteiger partial charge in [-0.3, -0.25) is 9.59 Å². The van der Waals surface area contributed by atoms with Crippen molar-refractivity contribution < 1.29 is 9.59 Å². The van der Waals surface area contributed by atoms with Gasteiger partial charge in [-0.15, -0.1) is 0 Å². The molecule has 0 aliphatic heterocycles. The fourth-order valence-corrected chi connectivity index (χ4v) is 0.960. The Kier molecular flexibility index (Phi) is 4.80. The molecule has 4 N–H and O–H groups in total. The first-order valence-corrected chi connectivity index (χ1v) is 4.03. The molecule has 0 aliphatic rings. The van der Waals surface area contributed by atoms with Gasteiger partial charge in [-0.05, 0) is 20.3 Å². The standard InChI is InChI=1S/C9H15N2O2/c1-3-4-5-7(9(11)13)6(2)8(10)12/h3-4,6-7H,2,5H2,1H3,(H2,10,12)(H2,11,13). The number of amides is 2. The summed E-state index contributed by atoms with van der Waals surface area (Å²) in [6, 6.07) is 0. The van der Waals surface area contributed by atoms with Gasteiger partial charge in [0, 0.05) is 5.92 Å². The molecule has 0 saturated heterocycles. The smallest absolute Gasteiger partial charge is 0.221 e. The molecular weight excluding hydrogens is 168 g/mol. The van der Waals surface area contributed by atoms with Crippen molar-refractivity contribution in [2.24, 2.45) is 23.3 Å². The first-order chi connectivity index (χ1) is 6.00. The molecule has 0 aliphatic carbocycles. The maximum absolute atomic E-state index is 10.9. The Bertz CT molecular complexity index is 224. The summed E-state index contributed by atoms with van der Waals surface area (Å²) >= 11 is 0. The molecule has 4 heteroatoms. The summed E-state index contributed by atoms with van der Waals surface area (Å²) in [4.78, 5) is 21.6. The molecule has 2 amide bonds. The SMILES string of the molecule is [CH2]C(C(N)=O)C(CC=CC)C(N)=O. The lowest BCUT2D eigenvalue weighted by Crippen LogP contribution is -2.35. The van der Waals surface area contributed by atoms with E-state index in [4.69, 9.17) is 11.5 Å². The van der Waals surface area contributed by atoms with E-state index in [0.29, 0.717) is 6.42 Å². The molecule has 0 saturated carbocycles. The van der Waals surface area contributed by atoms with Crippen molar-refractivity contribution in [2.45, 2.75) is 13.3 Å². The van der Waals surface area contributed by atoms with Gasteiger partial charge in [0.2, 0.25) is 11.8 Å². The van der Waals surface area contributed by atoms with Crippen LogP contribution in [0.2, 0.25) is 0 Å². The second-order valence-electron chi connectivity index (χ2n) is 2.82. The van der Waals surface area contributed by atoms with Gasteiger partial charge in [-0.1, -0.05) is 12.2 Å². The van der Waals surface area contributed by atoms with Gasteiger partial charge in [0.15, 0.2) is 0 Å². The van der Waals surface area contributed by atoms with E-state index in [-0.39, 0.29) is 0 Å². The van der Waals surface area contributed by atoms with E-state index in [1.54, 1.807) is 12.2 Å². The van der Waals surface area contributed by atoms with E-state index in [0.717, 1.165) is 0 Å². The molecule has 0 bridgehead atoms. The zero-order valence-corrected chi connectivity index (χ0v) is 7.69. The molecule has 0 aromatic rings. The summed E-state index contributed by atoms with van der Waals surface area (Å²) in [5.74, 6) is -2.51. The summed E-state index contributed by atoms with van der Waals surface area (Å²) in [6.07, 6.45) is 3.95. The Morgan fingerprint density at radius 3 is 2.23 bits per heavy atom. The van der Waals surface area contributed by atoms with Crippen LogP contribution in [0.15, 0.2) is 12.2 Å². The lowest BCUT2D eigenvalue weighted by molar-refractivity contribution is -0.129. The van der Waals surface area contributed by atoms with E-state index in [9.17, 15) is 9.59 Å². The average Bonchev–Trinajstić information content (AvgIpc) is 2.04. The Morgan fingerprint density at radius 1 is 1.38 bits per heavy atom. The van der Waals surface area contributed by atoms with E-state index in [2.05, 4.69) is 6.92 Å². The quantitative estimate of drug-likeness (QED) is 0.587. The van der Waals surface area contributed by atoms with Gasteiger partial charge >= 0.3 is 0 Å². The number of rotatable bonds is 5. The van der Waals surface area contributed by atoms with Gasteiger partial charge in [0.25, 0.3) is 0 Å². The summed E-state index contributed by atoms with van der Waals surface area (Å²) < 4.78 is 0. The molecule has 0 fully saturated rings. The van der Waals surface area contributed by atoms with Crippen LogP contribution in [0.3, 0.4) is 0 Å². The molecule has 0 spiro atoms. The minimum atomic E-state index is -0.756. The molecule has 0 aromatic heterocycles. The monoisotopic (exact) mass is 183 g/mol. The van der Waals surface area contributed by atoms with Gasteiger partial charge in [-0.25, -0.2) is 0 Å². The van der Waals surface area contributed by atoms with Crippen LogP contribution in [0.4, 0.5) is 0 Å². The van der Waals surface area contributed by atoms with Crippen LogP contribution in [0.1, 0.15) is 13.3 Å². The number of hydrogen-bond acceptors (Lipinski definition) is 2. The van der Waals surface area contributed by atoms with Gasteiger partial charge in [0.1, 0.15) is 0 Å². The molecular formula is C9H15N2O2. The predicted octanol–water partition coefficient (Wildman–Crippen LogP) is -0.0103.